The molecule has 0 saturated carbocycles. The van der Waals surface area contributed by atoms with Crippen LogP contribution >= 0.6 is 15.9 Å². The number of benzene rings is 4. The van der Waals surface area contributed by atoms with Crippen LogP contribution in [0.15, 0.2) is 94.9 Å². The van der Waals surface area contributed by atoms with Gasteiger partial charge < -0.3 is 51.6 Å². The Morgan fingerprint density at radius 3 is 1.27 bits per heavy atom. The Labute approximate surface area is 587 Å². The third-order valence-corrected chi connectivity index (χ3v) is 17.3. The van der Waals surface area contributed by atoms with Gasteiger partial charge in [0.2, 0.25) is 0 Å². The number of ether oxygens (including phenoxy) is 1. The second-order valence-electron chi connectivity index (χ2n) is 24.2. The SMILES string of the molecule is C.C1CCOC1.CN1CC=C(B2OC(C)(C)C(C)(C)O2)CC1.CN1CC=C(c2ccc([N+](=O)[O-])cc2C(F)(F)F)CC1.CN1CCC(c2ccc(N)cc2C(F)(F)F)CC1.CN1CCC(c2ccc(N)cc2C(F)(F)F)CC1.CO.O=[N+]([O-])c1ccc(Br)c(C(F)(F)F)c1.[AlH3].[H-].[Li+]. The number of anilines is 2. The first kappa shape index (κ1) is 89.3. The molecule has 0 unspecified atom stereocenters. The topological polar surface area (TPSA) is 199 Å². The van der Waals surface area contributed by atoms with E-state index in [-0.39, 0.29) is 96.6 Å². The van der Waals surface area contributed by atoms with Crippen molar-refractivity contribution in [2.24, 2.45) is 0 Å². The predicted molar refractivity (Wildman–Crippen MR) is 357 cm³/mol. The van der Waals surface area contributed by atoms with Crippen LogP contribution in [0, 0.1) is 20.2 Å². The van der Waals surface area contributed by atoms with E-state index >= 15 is 0 Å². The number of nitro benzene ring substituents is 2. The Hall–Kier alpha value is -4.73. The van der Waals surface area contributed by atoms with Crippen molar-refractivity contribution in [2.45, 2.75) is 134 Å². The summed E-state index contributed by atoms with van der Waals surface area (Å²) in [5.41, 5.74) is 9.28. The molecule has 4 aromatic rings. The molecule has 0 aromatic heterocycles. The van der Waals surface area contributed by atoms with Crippen molar-refractivity contribution in [3.63, 3.8) is 0 Å². The number of piperidine rings is 2. The van der Waals surface area contributed by atoms with Crippen LogP contribution in [0.25, 0.3) is 5.57 Å². The van der Waals surface area contributed by atoms with Crippen molar-refractivity contribution in [3.8, 4) is 0 Å². The summed E-state index contributed by atoms with van der Waals surface area (Å²) in [6, 6.07) is 13.7. The number of hydrogen-bond acceptors (Lipinski definition) is 14. The Kier molecular flexibility index (Phi) is 36.6. The Morgan fingerprint density at radius 1 is 0.562 bits per heavy atom. The first-order valence-corrected chi connectivity index (χ1v) is 30.8. The molecule has 0 spiro atoms. The third kappa shape index (κ3) is 27.4. The predicted octanol–water partition coefficient (Wildman–Crippen LogP) is 11.8. The van der Waals surface area contributed by atoms with Crippen molar-refractivity contribution in [2.75, 3.05) is 112 Å². The maximum atomic E-state index is 13.1. The zero-order valence-electron chi connectivity index (χ0n) is 55.6. The van der Waals surface area contributed by atoms with Gasteiger partial charge in [-0.25, -0.2) is 0 Å². The molecule has 0 aliphatic carbocycles. The molecule has 6 aliphatic rings. The normalized spacial score (nSPS) is 18.6. The van der Waals surface area contributed by atoms with Gasteiger partial charge in [0.25, 0.3) is 11.4 Å². The number of nitrogens with two attached hydrogens (primary N) is 2. The van der Waals surface area contributed by atoms with Gasteiger partial charge >= 0.3 is 50.7 Å². The summed E-state index contributed by atoms with van der Waals surface area (Å²) in [7, 11) is 8.86. The first-order chi connectivity index (χ1) is 43.2. The van der Waals surface area contributed by atoms with Crippen molar-refractivity contribution in [1.82, 2.24) is 19.6 Å². The molecule has 4 aromatic carbocycles. The summed E-state index contributed by atoms with van der Waals surface area (Å²) in [5.74, 6) is -0.0307. The summed E-state index contributed by atoms with van der Waals surface area (Å²) >= 11 is 2.67. The minimum atomic E-state index is -4.61. The largest absolute Gasteiger partial charge is 1.00 e. The zero-order chi connectivity index (χ0) is 70.0. The number of likely N-dealkylation sites (tertiary alicyclic amines) is 2. The molecular weight excluding hydrogens is 1360 g/mol. The molecule has 0 atom stereocenters. The van der Waals surface area contributed by atoms with Crippen LogP contribution < -0.4 is 30.3 Å². The number of hydrogen-bond donors (Lipinski definition) is 3. The van der Waals surface area contributed by atoms with Crippen LogP contribution in [0.3, 0.4) is 0 Å². The summed E-state index contributed by atoms with van der Waals surface area (Å²) in [4.78, 5) is 27.7. The maximum Gasteiger partial charge on any atom is 1.00 e. The number of aliphatic hydroxyl groups is 1. The number of non-ortho nitro benzene ring substituents is 2. The van der Waals surface area contributed by atoms with Crippen LogP contribution in [0.4, 0.5) is 75.4 Å². The van der Waals surface area contributed by atoms with E-state index in [1.165, 1.54) is 36.5 Å². The number of nitrogen functional groups attached to an aromatic ring is 2. The molecule has 32 heteroatoms. The van der Waals surface area contributed by atoms with Crippen molar-refractivity contribution >= 4 is 68.7 Å². The number of nitrogens with zero attached hydrogens (tertiary/aromatic N) is 6. The fourth-order valence-electron chi connectivity index (χ4n) is 10.5. The third-order valence-electron chi connectivity index (χ3n) is 16.7. The number of likely N-dealkylation sites (N-methyl/N-ethyl adjacent to an activating group) is 2. The minimum Gasteiger partial charge on any atom is -1.00 e. The van der Waals surface area contributed by atoms with E-state index < -0.39 is 68.2 Å². The number of alkyl halides is 12. The second-order valence-corrected chi connectivity index (χ2v) is 25.0. The van der Waals surface area contributed by atoms with Crippen molar-refractivity contribution in [3.05, 3.63) is 154 Å². The zero-order valence-corrected chi connectivity index (χ0v) is 56.2. The van der Waals surface area contributed by atoms with Crippen LogP contribution in [-0.4, -0.2) is 171 Å². The number of aliphatic hydroxyl groups excluding tert-OH is 1. The molecule has 6 heterocycles. The molecule has 0 amide bonds. The molecule has 5 N–H and O–H groups in total. The quantitative estimate of drug-likeness (QED) is 0.0541. The Balaban J connectivity index is 0.00000115. The molecule has 0 bridgehead atoms. The van der Waals surface area contributed by atoms with Gasteiger partial charge in [0.05, 0.1) is 43.3 Å². The molecule has 6 aliphatic heterocycles. The van der Waals surface area contributed by atoms with E-state index in [4.69, 9.17) is 30.6 Å². The molecular formula is C64H92AlBBrF12LiN8O8. The van der Waals surface area contributed by atoms with Gasteiger partial charge in [0.15, 0.2) is 17.4 Å². The van der Waals surface area contributed by atoms with Gasteiger partial charge in [-0.05, 0) is 209 Å². The van der Waals surface area contributed by atoms with E-state index in [0.717, 1.165) is 122 Å². The summed E-state index contributed by atoms with van der Waals surface area (Å²) in [6.07, 6.45) is -6.70. The van der Waals surface area contributed by atoms with E-state index in [1.54, 1.807) is 18.2 Å². The van der Waals surface area contributed by atoms with Crippen LogP contribution in [-0.2, 0) is 38.8 Å². The number of nitro groups is 2. The fourth-order valence-corrected chi connectivity index (χ4v) is 11.0. The maximum absolute atomic E-state index is 13.1. The Morgan fingerprint density at radius 2 is 0.938 bits per heavy atom. The first-order valence-electron chi connectivity index (χ1n) is 30.0. The summed E-state index contributed by atoms with van der Waals surface area (Å²) < 4.78 is 171. The van der Waals surface area contributed by atoms with Gasteiger partial charge in [-0.1, -0.05) is 47.6 Å². The van der Waals surface area contributed by atoms with Gasteiger partial charge in [0.1, 0.15) is 0 Å². The summed E-state index contributed by atoms with van der Waals surface area (Å²) in [6.45, 7) is 17.1. The van der Waals surface area contributed by atoms with Gasteiger partial charge in [-0.15, -0.1) is 0 Å². The number of rotatable bonds is 6. The molecule has 4 saturated heterocycles. The fraction of sp³-hybridized carbons (Fsp3) is 0.562. The van der Waals surface area contributed by atoms with Crippen molar-refractivity contribution < 1.29 is 102 Å². The van der Waals surface area contributed by atoms with Crippen molar-refractivity contribution in [1.29, 1.82) is 0 Å². The minimum absolute atomic E-state index is 0. The standard InChI is InChI=1S/C13H13F3N2O2.2C13H17F3N2.C12H22BNO2.C7H3BrF3NO2.C4H8O.CH4O.CH4.Al.Li.4H/c1-17-6-4-9(5-7-17)11-3-2-10(18(19)20)8-12(11)13(14,15)16;2*1-18-6-4-9(5-7-18)11-3-2-10(17)8-12(11)13(14,15)16;1-11(2)12(3,4)16-13(15-11)10-6-8-14(5)9-7-10;8-6-2-1-4(12(13)14)3-5(6)7(9,10)11;1-2-4-5-3-1;1-2;;;;;;;/h2-4,8H,5-7H2,1H3;2*2-3,8-9H,4-7,17H2,1H3;6H,7-9H2,1-5H3;1-3H;1-4H2;2H,1H3;1H4;;;;;;/q;;;;;;;;;+1;;;;-1. The molecule has 96 heavy (non-hydrogen) atoms. The van der Waals surface area contributed by atoms with E-state index in [2.05, 4.69) is 71.4 Å². The van der Waals surface area contributed by atoms with Gasteiger partial charge in [-0.2, -0.15) is 52.7 Å². The van der Waals surface area contributed by atoms with E-state index in [9.17, 15) is 72.9 Å². The smallest absolute Gasteiger partial charge is 1.00 e. The average Bonchev–Trinajstić information content (AvgIpc) is 1.72. The Bertz CT molecular complexity index is 3050. The molecule has 4 fully saturated rings. The molecule has 0 radical (unpaired) electrons. The van der Waals surface area contributed by atoms with Crippen LogP contribution in [0.2, 0.25) is 0 Å². The monoisotopic (exact) mass is 1450 g/mol. The van der Waals surface area contributed by atoms with E-state index in [1.807, 2.05) is 26.0 Å². The average molecular weight is 1450 g/mol. The van der Waals surface area contributed by atoms with Gasteiger partial charge in [0, 0.05) is 86.6 Å². The van der Waals surface area contributed by atoms with E-state index in [0.29, 0.717) is 48.3 Å². The number of halogens is 13. The van der Waals surface area contributed by atoms with Gasteiger partial charge in [-0.3, -0.25) is 20.2 Å². The molecule has 534 valence electrons. The molecule has 16 nitrogen and oxygen atoms in total. The summed E-state index contributed by atoms with van der Waals surface area (Å²) in [5, 5.41) is 27.8. The van der Waals surface area contributed by atoms with Crippen LogP contribution in [0.5, 0.6) is 0 Å². The second kappa shape index (κ2) is 39.3. The molecule has 10 rings (SSSR count). The van der Waals surface area contributed by atoms with Crippen LogP contribution in [0.1, 0.15) is 139 Å².